The van der Waals surface area contributed by atoms with E-state index in [2.05, 4.69) is 31.1 Å². The molecule has 0 heterocycles. The Morgan fingerprint density at radius 1 is 0.525 bits per heavy atom. The van der Waals surface area contributed by atoms with Crippen LogP contribution in [-0.2, 0) is 20.2 Å². The summed E-state index contributed by atoms with van der Waals surface area (Å²) in [5.74, 6) is 0. The van der Waals surface area contributed by atoms with E-state index in [4.69, 9.17) is 9.11 Å². The van der Waals surface area contributed by atoms with Gasteiger partial charge in [0.1, 0.15) is 0 Å². The number of benzene rings is 4. The zero-order valence-electron chi connectivity index (χ0n) is 20.3. The SMILES string of the molecule is O=C(Nc1ccc(N=Nc2cccc(S(=O)(=O)O)c2)cc1)Nc1ccc(N=Nc2cccc(S(=O)(=O)O)c2)cc1. The van der Waals surface area contributed by atoms with Gasteiger partial charge in [0.05, 0.1) is 32.5 Å². The van der Waals surface area contributed by atoms with Crippen LogP contribution in [0.3, 0.4) is 0 Å². The Kier molecular flexibility index (Phi) is 8.40. The monoisotopic (exact) mass is 580 g/mol. The second kappa shape index (κ2) is 11.9. The summed E-state index contributed by atoms with van der Waals surface area (Å²) in [5.41, 5.74) is 2.30. The predicted molar refractivity (Wildman–Crippen MR) is 146 cm³/mol. The Bertz CT molecular complexity index is 1670. The molecule has 2 amide bonds. The lowest BCUT2D eigenvalue weighted by atomic mass is 10.3. The molecule has 0 saturated carbocycles. The number of urea groups is 1. The maximum atomic E-state index is 12.4. The minimum absolute atomic E-state index is 0.232. The molecule has 15 heteroatoms. The quantitative estimate of drug-likeness (QED) is 0.132. The van der Waals surface area contributed by atoms with Crippen LogP contribution in [0.5, 0.6) is 0 Å². The van der Waals surface area contributed by atoms with Gasteiger partial charge in [-0.25, -0.2) is 4.79 Å². The van der Waals surface area contributed by atoms with Crippen molar-refractivity contribution in [2.45, 2.75) is 9.79 Å². The minimum atomic E-state index is -4.35. The Hall–Kier alpha value is -4.83. The Labute approximate surface area is 228 Å². The third kappa shape index (κ3) is 8.08. The number of nitrogens with zero attached hydrogens (tertiary/aromatic N) is 4. The fraction of sp³-hybridized carbons (Fsp3) is 0. The summed E-state index contributed by atoms with van der Waals surface area (Å²) in [6, 6.07) is 23.0. The number of azo groups is 2. The maximum Gasteiger partial charge on any atom is 0.323 e. The third-order valence-electron chi connectivity index (χ3n) is 5.04. The number of anilines is 2. The Balaban J connectivity index is 1.32. The number of carbonyl (C=O) groups excluding carboxylic acids is 1. The molecule has 0 bridgehead atoms. The van der Waals surface area contributed by atoms with Crippen LogP contribution in [-0.4, -0.2) is 32.0 Å². The molecule has 0 spiro atoms. The van der Waals surface area contributed by atoms with E-state index in [0.29, 0.717) is 22.7 Å². The summed E-state index contributed by atoms with van der Waals surface area (Å²) in [6.45, 7) is 0. The van der Waals surface area contributed by atoms with Crippen molar-refractivity contribution >= 4 is 60.4 Å². The molecule has 0 radical (unpaired) electrons. The molecule has 4 N–H and O–H groups in total. The van der Waals surface area contributed by atoms with Gasteiger partial charge in [-0.3, -0.25) is 9.11 Å². The van der Waals surface area contributed by atoms with Crippen molar-refractivity contribution in [2.75, 3.05) is 10.6 Å². The summed E-state index contributed by atoms with van der Waals surface area (Å²) in [5, 5.41) is 21.3. The zero-order chi connectivity index (χ0) is 28.8. The molecule has 13 nitrogen and oxygen atoms in total. The van der Waals surface area contributed by atoms with Gasteiger partial charge in [-0.1, -0.05) is 12.1 Å². The number of carbonyl (C=O) groups is 1. The fourth-order valence-electron chi connectivity index (χ4n) is 3.16. The molecule has 40 heavy (non-hydrogen) atoms. The highest BCUT2D eigenvalue weighted by molar-refractivity contribution is 7.86. The molecule has 0 unspecified atom stereocenters. The molecule has 4 aromatic carbocycles. The first-order valence-electron chi connectivity index (χ1n) is 11.2. The van der Waals surface area contributed by atoms with E-state index in [1.165, 1.54) is 48.5 Å². The van der Waals surface area contributed by atoms with Gasteiger partial charge in [-0.05, 0) is 84.9 Å². The molecule has 4 aromatic rings. The lowest BCUT2D eigenvalue weighted by Crippen LogP contribution is -2.19. The highest BCUT2D eigenvalue weighted by Gasteiger charge is 2.10. The second-order valence-corrected chi connectivity index (χ2v) is 10.9. The Morgan fingerprint density at radius 2 is 0.875 bits per heavy atom. The maximum absolute atomic E-state index is 12.4. The average molecular weight is 581 g/mol. The first-order chi connectivity index (χ1) is 19.0. The van der Waals surface area contributed by atoms with Crippen molar-refractivity contribution in [1.82, 2.24) is 0 Å². The Morgan fingerprint density at radius 3 is 1.23 bits per heavy atom. The third-order valence-corrected chi connectivity index (χ3v) is 6.74. The molecule has 4 rings (SSSR count). The lowest BCUT2D eigenvalue weighted by molar-refractivity contribution is 0.262. The van der Waals surface area contributed by atoms with Crippen LogP contribution < -0.4 is 10.6 Å². The normalized spacial score (nSPS) is 12.1. The van der Waals surface area contributed by atoms with E-state index in [0.717, 1.165) is 0 Å². The molecule has 0 aliphatic carbocycles. The molecule has 0 fully saturated rings. The van der Waals surface area contributed by atoms with Gasteiger partial charge < -0.3 is 10.6 Å². The highest BCUT2D eigenvalue weighted by Crippen LogP contribution is 2.24. The topological polar surface area (TPSA) is 199 Å². The summed E-state index contributed by atoms with van der Waals surface area (Å²) < 4.78 is 63.2. The number of nitrogens with one attached hydrogen (secondary N) is 2. The van der Waals surface area contributed by atoms with Crippen LogP contribution in [0.4, 0.5) is 38.9 Å². The van der Waals surface area contributed by atoms with Gasteiger partial charge in [0, 0.05) is 11.4 Å². The van der Waals surface area contributed by atoms with E-state index < -0.39 is 26.3 Å². The van der Waals surface area contributed by atoms with Crippen LogP contribution in [0, 0.1) is 0 Å². The van der Waals surface area contributed by atoms with Crippen LogP contribution in [0.1, 0.15) is 0 Å². The van der Waals surface area contributed by atoms with E-state index >= 15 is 0 Å². The molecular formula is C25H20N6O7S2. The van der Waals surface area contributed by atoms with Gasteiger partial charge >= 0.3 is 6.03 Å². The molecule has 0 aromatic heterocycles. The number of hydrogen-bond acceptors (Lipinski definition) is 9. The van der Waals surface area contributed by atoms with Crippen molar-refractivity contribution in [3.05, 3.63) is 97.1 Å². The number of hydrogen-bond donors (Lipinski definition) is 4. The van der Waals surface area contributed by atoms with Crippen LogP contribution in [0.15, 0.2) is 127 Å². The number of rotatable bonds is 8. The van der Waals surface area contributed by atoms with E-state index in [-0.39, 0.29) is 21.2 Å². The molecule has 204 valence electrons. The average Bonchev–Trinajstić information content (AvgIpc) is 2.92. The molecule has 0 saturated heterocycles. The first-order valence-corrected chi connectivity index (χ1v) is 14.1. The van der Waals surface area contributed by atoms with Crippen molar-refractivity contribution in [3.63, 3.8) is 0 Å². The van der Waals surface area contributed by atoms with Crippen molar-refractivity contribution in [2.24, 2.45) is 20.5 Å². The lowest BCUT2D eigenvalue weighted by Gasteiger charge is -2.08. The molecule has 0 atom stereocenters. The summed E-state index contributed by atoms with van der Waals surface area (Å²) in [4.78, 5) is 11.8. The van der Waals surface area contributed by atoms with Gasteiger partial charge in [0.15, 0.2) is 0 Å². The van der Waals surface area contributed by atoms with Gasteiger partial charge in [-0.2, -0.15) is 37.3 Å². The zero-order valence-corrected chi connectivity index (χ0v) is 21.9. The standard InChI is InChI=1S/C25H20N6O7S2/c32-25(26-17-7-11-19(12-8-17)28-30-21-3-1-5-23(15-21)39(33,34)35)27-18-9-13-20(14-10-18)29-31-22-4-2-6-24(16-22)40(36,37)38/h1-16H,(H2,26,27,32)(H,33,34,35)(H,36,37,38). The van der Waals surface area contributed by atoms with Gasteiger partial charge in [-0.15, -0.1) is 0 Å². The summed E-state index contributed by atoms with van der Waals surface area (Å²) in [7, 11) is -8.70. The minimum Gasteiger partial charge on any atom is -0.308 e. The number of amides is 2. The predicted octanol–water partition coefficient (Wildman–Crippen LogP) is 6.65. The smallest absolute Gasteiger partial charge is 0.308 e. The van der Waals surface area contributed by atoms with Crippen LogP contribution >= 0.6 is 0 Å². The summed E-state index contributed by atoms with van der Waals surface area (Å²) >= 11 is 0. The van der Waals surface area contributed by atoms with E-state index in [9.17, 15) is 21.6 Å². The largest absolute Gasteiger partial charge is 0.323 e. The van der Waals surface area contributed by atoms with Crippen LogP contribution in [0.2, 0.25) is 0 Å². The van der Waals surface area contributed by atoms with Gasteiger partial charge in [0.25, 0.3) is 20.2 Å². The molecule has 0 aliphatic heterocycles. The molecular weight excluding hydrogens is 560 g/mol. The molecule has 0 aliphatic rings. The van der Waals surface area contributed by atoms with E-state index in [1.807, 2.05) is 0 Å². The first kappa shape index (κ1) is 28.2. The van der Waals surface area contributed by atoms with Crippen molar-refractivity contribution in [1.29, 1.82) is 0 Å². The summed E-state index contributed by atoms with van der Waals surface area (Å²) in [6.07, 6.45) is 0. The second-order valence-electron chi connectivity index (χ2n) is 8.02. The van der Waals surface area contributed by atoms with Crippen LogP contribution in [0.25, 0.3) is 0 Å². The highest BCUT2D eigenvalue weighted by atomic mass is 32.2. The van der Waals surface area contributed by atoms with Gasteiger partial charge in [0.2, 0.25) is 0 Å². The fourth-order valence-corrected chi connectivity index (χ4v) is 4.20. The van der Waals surface area contributed by atoms with Crippen molar-refractivity contribution < 1.29 is 30.7 Å². The van der Waals surface area contributed by atoms with E-state index in [1.54, 1.807) is 48.5 Å². The van der Waals surface area contributed by atoms with Crippen molar-refractivity contribution in [3.8, 4) is 0 Å².